The van der Waals surface area contributed by atoms with Gasteiger partial charge in [-0.25, -0.2) is 9.97 Å². The van der Waals surface area contributed by atoms with Crippen LogP contribution in [0.1, 0.15) is 19.9 Å². The van der Waals surface area contributed by atoms with Crippen molar-refractivity contribution in [3.8, 4) is 0 Å². The number of pyridine rings is 1. The van der Waals surface area contributed by atoms with Gasteiger partial charge in [-0.2, -0.15) is 0 Å². The molecule has 0 amide bonds. The third-order valence-electron chi connectivity index (χ3n) is 1.97. The molecule has 0 fully saturated rings. The van der Waals surface area contributed by atoms with Gasteiger partial charge in [0.1, 0.15) is 5.52 Å². The molecule has 0 aliphatic heterocycles. The third-order valence-corrected chi connectivity index (χ3v) is 2.61. The van der Waals surface area contributed by atoms with Crippen LogP contribution < -0.4 is 0 Å². The lowest BCUT2D eigenvalue weighted by Gasteiger charge is -2.06. The van der Waals surface area contributed by atoms with Crippen molar-refractivity contribution in [3.05, 3.63) is 23.1 Å². The minimum Gasteiger partial charge on any atom is -0.313 e. The molecule has 13 heavy (non-hydrogen) atoms. The molecule has 0 saturated carbocycles. The molecule has 0 aliphatic carbocycles. The molecule has 0 aliphatic rings. The first-order chi connectivity index (χ1) is 6.20. The minimum absolute atomic E-state index is 0.395. The van der Waals surface area contributed by atoms with E-state index < -0.39 is 0 Å². The lowest BCUT2D eigenvalue weighted by atomic mass is 10.4. The van der Waals surface area contributed by atoms with Gasteiger partial charge in [-0.05, 0) is 35.8 Å². The molecule has 3 nitrogen and oxygen atoms in total. The lowest BCUT2D eigenvalue weighted by Crippen LogP contribution is -1.99. The first-order valence-electron chi connectivity index (χ1n) is 4.17. The molecule has 0 spiro atoms. The van der Waals surface area contributed by atoms with Crippen molar-refractivity contribution >= 4 is 27.1 Å². The highest BCUT2D eigenvalue weighted by Crippen LogP contribution is 2.22. The Bertz CT molecular complexity index is 433. The van der Waals surface area contributed by atoms with Crippen LogP contribution in [0.4, 0.5) is 0 Å². The van der Waals surface area contributed by atoms with Crippen molar-refractivity contribution in [3.63, 3.8) is 0 Å². The summed E-state index contributed by atoms with van der Waals surface area (Å²) in [7, 11) is 0. The van der Waals surface area contributed by atoms with Gasteiger partial charge in [-0.3, -0.25) is 0 Å². The van der Waals surface area contributed by atoms with Crippen molar-refractivity contribution in [1.29, 1.82) is 0 Å². The Kier molecular flexibility index (Phi) is 2.07. The predicted molar refractivity (Wildman–Crippen MR) is 55.6 cm³/mol. The average Bonchev–Trinajstić information content (AvgIpc) is 2.48. The summed E-state index contributed by atoms with van der Waals surface area (Å²) < 4.78 is 3.05. The van der Waals surface area contributed by atoms with Crippen molar-refractivity contribution in [2.75, 3.05) is 0 Å². The Morgan fingerprint density at radius 3 is 2.85 bits per heavy atom. The van der Waals surface area contributed by atoms with Crippen LogP contribution in [0.15, 0.2) is 23.1 Å². The number of imidazole rings is 1. The zero-order valence-corrected chi connectivity index (χ0v) is 9.12. The fourth-order valence-electron chi connectivity index (χ4n) is 1.28. The highest BCUT2D eigenvalue weighted by atomic mass is 79.9. The first-order valence-corrected chi connectivity index (χ1v) is 4.96. The van der Waals surface area contributed by atoms with Gasteiger partial charge in [-0.1, -0.05) is 0 Å². The number of aromatic nitrogens is 3. The van der Waals surface area contributed by atoms with E-state index in [9.17, 15) is 0 Å². The Morgan fingerprint density at radius 1 is 1.38 bits per heavy atom. The van der Waals surface area contributed by atoms with Gasteiger partial charge in [0.15, 0.2) is 5.65 Å². The summed E-state index contributed by atoms with van der Waals surface area (Å²) in [6.45, 7) is 4.23. The van der Waals surface area contributed by atoms with E-state index in [0.717, 1.165) is 15.6 Å². The maximum atomic E-state index is 4.29. The quantitative estimate of drug-likeness (QED) is 0.767. The predicted octanol–water partition coefficient (Wildman–Crippen LogP) is 2.77. The highest BCUT2D eigenvalue weighted by molar-refractivity contribution is 9.10. The van der Waals surface area contributed by atoms with E-state index >= 15 is 0 Å². The van der Waals surface area contributed by atoms with E-state index in [1.54, 1.807) is 6.20 Å². The smallest absolute Gasteiger partial charge is 0.161 e. The zero-order valence-electron chi connectivity index (χ0n) is 7.53. The summed E-state index contributed by atoms with van der Waals surface area (Å²) in [5, 5.41) is 0. The molecule has 2 heterocycles. The van der Waals surface area contributed by atoms with Gasteiger partial charge in [0.25, 0.3) is 0 Å². The van der Waals surface area contributed by atoms with Crippen LogP contribution in [0.5, 0.6) is 0 Å². The first kappa shape index (κ1) is 8.69. The van der Waals surface area contributed by atoms with Crippen LogP contribution in [0, 0.1) is 0 Å². The van der Waals surface area contributed by atoms with Gasteiger partial charge in [0.2, 0.25) is 0 Å². The SMILES string of the molecule is CC(C)n1cnc2c(Br)ccnc21. The van der Waals surface area contributed by atoms with Crippen molar-refractivity contribution in [2.24, 2.45) is 0 Å². The molecule has 0 bridgehead atoms. The van der Waals surface area contributed by atoms with Crippen molar-refractivity contribution < 1.29 is 0 Å². The largest absolute Gasteiger partial charge is 0.313 e. The molecule has 0 atom stereocenters. The fourth-order valence-corrected chi connectivity index (χ4v) is 1.68. The molecule has 2 aromatic rings. The van der Waals surface area contributed by atoms with Gasteiger partial charge < -0.3 is 4.57 Å². The standard InChI is InChI=1S/C9H10BrN3/c1-6(2)13-5-12-8-7(10)3-4-11-9(8)13/h3-6H,1-2H3. The number of hydrogen-bond acceptors (Lipinski definition) is 2. The second kappa shape index (κ2) is 3.10. The lowest BCUT2D eigenvalue weighted by molar-refractivity contribution is 0.613. The van der Waals surface area contributed by atoms with Gasteiger partial charge in [0.05, 0.1) is 6.33 Å². The summed E-state index contributed by atoms with van der Waals surface area (Å²) in [4.78, 5) is 8.59. The number of nitrogens with zero attached hydrogens (tertiary/aromatic N) is 3. The molecule has 4 heteroatoms. The monoisotopic (exact) mass is 239 g/mol. The van der Waals surface area contributed by atoms with E-state index in [0.29, 0.717) is 6.04 Å². The molecule has 0 unspecified atom stereocenters. The molecule has 68 valence electrons. The number of rotatable bonds is 1. The Balaban J connectivity index is 2.75. The molecule has 0 N–H and O–H groups in total. The second-order valence-electron chi connectivity index (χ2n) is 3.21. The average molecular weight is 240 g/mol. The van der Waals surface area contributed by atoms with Crippen LogP contribution in [0.2, 0.25) is 0 Å². The second-order valence-corrected chi connectivity index (χ2v) is 4.06. The van der Waals surface area contributed by atoms with Crippen molar-refractivity contribution in [1.82, 2.24) is 14.5 Å². The topological polar surface area (TPSA) is 30.7 Å². The molecular weight excluding hydrogens is 230 g/mol. The minimum atomic E-state index is 0.395. The summed E-state index contributed by atoms with van der Waals surface area (Å²) >= 11 is 3.44. The van der Waals surface area contributed by atoms with Crippen LogP contribution >= 0.6 is 15.9 Å². The molecule has 0 saturated heterocycles. The van der Waals surface area contributed by atoms with Crippen LogP contribution in [0.3, 0.4) is 0 Å². The third kappa shape index (κ3) is 1.35. The van der Waals surface area contributed by atoms with Gasteiger partial charge in [-0.15, -0.1) is 0 Å². The van der Waals surface area contributed by atoms with E-state index in [2.05, 4.69) is 44.3 Å². The normalized spacial score (nSPS) is 11.4. The Labute approximate surface area is 84.9 Å². The van der Waals surface area contributed by atoms with Crippen LogP contribution in [0.25, 0.3) is 11.2 Å². The molecule has 2 aromatic heterocycles. The summed E-state index contributed by atoms with van der Waals surface area (Å²) in [6, 6.07) is 2.30. The van der Waals surface area contributed by atoms with Crippen LogP contribution in [-0.2, 0) is 0 Å². The fraction of sp³-hybridized carbons (Fsp3) is 0.333. The number of fused-ring (bicyclic) bond motifs is 1. The molecular formula is C9H10BrN3. The summed E-state index contributed by atoms with van der Waals surface area (Å²) in [5.41, 5.74) is 1.86. The highest BCUT2D eigenvalue weighted by Gasteiger charge is 2.08. The zero-order chi connectivity index (χ0) is 9.42. The van der Waals surface area contributed by atoms with Crippen molar-refractivity contribution in [2.45, 2.75) is 19.9 Å². The molecule has 0 radical (unpaired) electrons. The number of halogens is 1. The van der Waals surface area contributed by atoms with E-state index in [1.807, 2.05) is 12.4 Å². The van der Waals surface area contributed by atoms with E-state index in [1.165, 1.54) is 0 Å². The van der Waals surface area contributed by atoms with Crippen LogP contribution in [-0.4, -0.2) is 14.5 Å². The van der Waals surface area contributed by atoms with E-state index in [-0.39, 0.29) is 0 Å². The Hall–Kier alpha value is -0.900. The maximum absolute atomic E-state index is 4.29. The molecule has 2 rings (SSSR count). The number of hydrogen-bond donors (Lipinski definition) is 0. The summed E-state index contributed by atoms with van der Waals surface area (Å²) in [6.07, 6.45) is 3.61. The van der Waals surface area contributed by atoms with E-state index in [4.69, 9.17) is 0 Å². The maximum Gasteiger partial charge on any atom is 0.161 e. The van der Waals surface area contributed by atoms with Gasteiger partial charge in [0, 0.05) is 16.7 Å². The Morgan fingerprint density at radius 2 is 2.15 bits per heavy atom. The van der Waals surface area contributed by atoms with Gasteiger partial charge >= 0.3 is 0 Å². The summed E-state index contributed by atoms with van der Waals surface area (Å²) in [5.74, 6) is 0. The molecule has 0 aromatic carbocycles.